The zero-order valence-electron chi connectivity index (χ0n) is 16.8. The summed E-state index contributed by atoms with van der Waals surface area (Å²) in [6, 6.07) is 17.9. The number of ether oxygens (including phenoxy) is 1. The van der Waals surface area contributed by atoms with Crippen LogP contribution in [-0.2, 0) is 0 Å². The van der Waals surface area contributed by atoms with E-state index in [1.54, 1.807) is 7.11 Å². The molecule has 2 amide bonds. The monoisotopic (exact) mass is 400 g/mol. The molecule has 1 saturated heterocycles. The number of urea groups is 1. The zero-order valence-corrected chi connectivity index (χ0v) is 17.6. The van der Waals surface area contributed by atoms with E-state index in [1.807, 2.05) is 52.3 Å². The van der Waals surface area contributed by atoms with Crippen LogP contribution in [-0.4, -0.2) is 36.0 Å². The summed E-state index contributed by atoms with van der Waals surface area (Å²) in [5.74, 6) is 1.20. The lowest BCUT2D eigenvalue weighted by atomic mass is 10.00. The Hall–Kier alpha value is -2.20. The number of rotatable bonds is 8. The molecule has 1 fully saturated rings. The number of anilines is 1. The lowest BCUT2D eigenvalue weighted by Crippen LogP contribution is -2.40. The molecule has 3 rings (SSSR count). The molecule has 1 aliphatic rings. The molecule has 0 radical (unpaired) electrons. The normalized spacial score (nSPS) is 20.5. The molecule has 4 nitrogen and oxygen atoms in total. The van der Waals surface area contributed by atoms with E-state index in [2.05, 4.69) is 26.0 Å². The number of methoxy groups -OCH3 is 1. The molecule has 28 heavy (non-hydrogen) atoms. The first kappa shape index (κ1) is 20.5. The van der Waals surface area contributed by atoms with Gasteiger partial charge in [-0.25, -0.2) is 4.79 Å². The van der Waals surface area contributed by atoms with Crippen LogP contribution >= 0.6 is 11.6 Å². The second-order valence-electron chi connectivity index (χ2n) is 7.28. The molecule has 0 unspecified atom stereocenters. The smallest absolute Gasteiger partial charge is 0.325 e. The van der Waals surface area contributed by atoms with Crippen LogP contribution in [0.15, 0.2) is 54.6 Å². The molecule has 3 atom stereocenters. The van der Waals surface area contributed by atoms with Crippen molar-refractivity contribution in [2.24, 2.45) is 0 Å². The second-order valence-corrected chi connectivity index (χ2v) is 7.58. The van der Waals surface area contributed by atoms with E-state index in [4.69, 9.17) is 16.3 Å². The van der Waals surface area contributed by atoms with E-state index in [0.29, 0.717) is 5.88 Å². The minimum atomic E-state index is -0.0372. The molecular weight excluding hydrogens is 372 g/mol. The lowest BCUT2D eigenvalue weighted by molar-refractivity contribution is 0.183. The maximum Gasteiger partial charge on any atom is 0.325 e. The van der Waals surface area contributed by atoms with E-state index in [9.17, 15) is 4.79 Å². The van der Waals surface area contributed by atoms with Crippen molar-refractivity contribution in [1.82, 2.24) is 4.90 Å². The quantitative estimate of drug-likeness (QED) is 0.519. The van der Waals surface area contributed by atoms with Gasteiger partial charge in [-0.15, -0.1) is 11.6 Å². The summed E-state index contributed by atoms with van der Waals surface area (Å²) in [7, 11) is 1.65. The number of halogens is 1. The van der Waals surface area contributed by atoms with Gasteiger partial charge in [0.15, 0.2) is 0 Å². The standard InChI is InChI=1S/C23H29ClN2O2/c1-4-5-11-21-22(16-24)25(17(2)18-9-7-6-8-10-18)23(27)26(21)19-12-14-20(28-3)15-13-19/h6-10,12-15,17,21-22H,4-5,11,16H2,1-3H3/t17-,21-,22-/m1/s1. The van der Waals surface area contributed by atoms with Crippen LogP contribution in [0.5, 0.6) is 5.75 Å². The van der Waals surface area contributed by atoms with Gasteiger partial charge in [0.1, 0.15) is 5.75 Å². The van der Waals surface area contributed by atoms with Crippen molar-refractivity contribution in [1.29, 1.82) is 0 Å². The molecular formula is C23H29ClN2O2. The first-order valence-electron chi connectivity index (χ1n) is 9.98. The molecule has 0 N–H and O–H groups in total. The number of hydrogen-bond acceptors (Lipinski definition) is 2. The van der Waals surface area contributed by atoms with Gasteiger partial charge in [0.25, 0.3) is 0 Å². The topological polar surface area (TPSA) is 32.8 Å². The van der Waals surface area contributed by atoms with E-state index < -0.39 is 0 Å². The first-order valence-corrected chi connectivity index (χ1v) is 10.5. The summed E-state index contributed by atoms with van der Waals surface area (Å²) in [6.07, 6.45) is 3.08. The van der Waals surface area contributed by atoms with Crippen LogP contribution in [0.2, 0.25) is 0 Å². The van der Waals surface area contributed by atoms with Crippen LogP contribution < -0.4 is 9.64 Å². The van der Waals surface area contributed by atoms with Crippen LogP contribution in [0.1, 0.15) is 44.7 Å². The number of benzene rings is 2. The Bertz CT molecular complexity index is 766. The SMILES string of the molecule is CCCC[C@@H]1[C@@H](CCl)N([C@H](C)c2ccccc2)C(=O)N1c1ccc(OC)cc1. The Morgan fingerprint density at radius 2 is 1.75 bits per heavy atom. The van der Waals surface area contributed by atoms with Crippen LogP contribution in [0, 0.1) is 0 Å². The van der Waals surface area contributed by atoms with Crippen LogP contribution in [0.4, 0.5) is 10.5 Å². The number of amides is 2. The lowest BCUT2D eigenvalue weighted by Gasteiger charge is -2.30. The van der Waals surface area contributed by atoms with Crippen molar-refractivity contribution < 1.29 is 9.53 Å². The number of carbonyl (C=O) groups is 1. The van der Waals surface area contributed by atoms with Crippen molar-refractivity contribution >= 4 is 23.3 Å². The highest BCUT2D eigenvalue weighted by Gasteiger charge is 2.47. The molecule has 2 aromatic carbocycles. The molecule has 0 saturated carbocycles. The van der Waals surface area contributed by atoms with Gasteiger partial charge in [0.05, 0.1) is 25.2 Å². The fourth-order valence-corrected chi connectivity index (χ4v) is 4.42. The Morgan fingerprint density at radius 3 is 2.32 bits per heavy atom. The highest BCUT2D eigenvalue weighted by Crippen LogP contribution is 2.38. The summed E-state index contributed by atoms with van der Waals surface area (Å²) in [5, 5.41) is 0. The van der Waals surface area contributed by atoms with Gasteiger partial charge in [-0.1, -0.05) is 50.1 Å². The summed E-state index contributed by atoms with van der Waals surface area (Å²) in [6.45, 7) is 4.26. The summed E-state index contributed by atoms with van der Waals surface area (Å²) < 4.78 is 5.27. The van der Waals surface area contributed by atoms with Crippen molar-refractivity contribution in [3.63, 3.8) is 0 Å². The van der Waals surface area contributed by atoms with E-state index in [-0.39, 0.29) is 24.2 Å². The molecule has 150 valence electrons. The average Bonchev–Trinajstić information content (AvgIpc) is 3.03. The van der Waals surface area contributed by atoms with E-state index >= 15 is 0 Å². The van der Waals surface area contributed by atoms with Crippen molar-refractivity contribution in [2.75, 3.05) is 17.9 Å². The predicted octanol–water partition coefficient (Wildman–Crippen LogP) is 5.86. The highest BCUT2D eigenvalue weighted by atomic mass is 35.5. The molecule has 5 heteroatoms. The Kier molecular flexibility index (Phi) is 6.84. The van der Waals surface area contributed by atoms with Crippen LogP contribution in [0.25, 0.3) is 0 Å². The Labute approximate surface area is 173 Å². The number of alkyl halides is 1. The number of carbonyl (C=O) groups excluding carboxylic acids is 1. The minimum absolute atomic E-state index is 0.0215. The minimum Gasteiger partial charge on any atom is -0.497 e. The van der Waals surface area contributed by atoms with E-state index in [1.165, 1.54) is 0 Å². The fourth-order valence-electron chi connectivity index (χ4n) is 4.07. The number of unbranched alkanes of at least 4 members (excludes halogenated alkanes) is 1. The predicted molar refractivity (Wildman–Crippen MR) is 115 cm³/mol. The highest BCUT2D eigenvalue weighted by molar-refractivity contribution is 6.18. The number of nitrogens with zero attached hydrogens (tertiary/aromatic N) is 2. The molecule has 1 aliphatic heterocycles. The maximum absolute atomic E-state index is 13.6. The fraction of sp³-hybridized carbons (Fsp3) is 0.435. The molecule has 0 aliphatic carbocycles. The maximum atomic E-state index is 13.6. The van der Waals surface area contributed by atoms with Crippen molar-refractivity contribution in [2.45, 2.75) is 51.2 Å². The van der Waals surface area contributed by atoms with Gasteiger partial charge in [-0.2, -0.15) is 0 Å². The number of hydrogen-bond donors (Lipinski definition) is 0. The zero-order chi connectivity index (χ0) is 20.1. The first-order chi connectivity index (χ1) is 13.6. The summed E-state index contributed by atoms with van der Waals surface area (Å²) in [4.78, 5) is 17.5. The third kappa shape index (κ3) is 3.97. The second kappa shape index (κ2) is 9.33. The van der Waals surface area contributed by atoms with Gasteiger partial charge >= 0.3 is 6.03 Å². The van der Waals surface area contributed by atoms with Crippen molar-refractivity contribution in [3.05, 3.63) is 60.2 Å². The summed E-state index contributed by atoms with van der Waals surface area (Å²) >= 11 is 6.43. The molecule has 0 bridgehead atoms. The molecule has 0 aromatic heterocycles. The Balaban J connectivity index is 1.98. The third-order valence-electron chi connectivity index (χ3n) is 5.62. The van der Waals surface area contributed by atoms with Gasteiger partial charge in [-0.05, 0) is 43.2 Å². The van der Waals surface area contributed by atoms with Gasteiger partial charge in [0.2, 0.25) is 0 Å². The molecule has 2 aromatic rings. The third-order valence-corrected chi connectivity index (χ3v) is 5.94. The molecule has 1 heterocycles. The van der Waals surface area contributed by atoms with Crippen molar-refractivity contribution in [3.8, 4) is 5.75 Å². The Morgan fingerprint density at radius 1 is 1.07 bits per heavy atom. The van der Waals surface area contributed by atoms with Gasteiger partial charge < -0.3 is 9.64 Å². The summed E-state index contributed by atoms with van der Waals surface area (Å²) in [5.41, 5.74) is 2.02. The van der Waals surface area contributed by atoms with Crippen LogP contribution in [0.3, 0.4) is 0 Å². The van der Waals surface area contributed by atoms with E-state index in [0.717, 1.165) is 36.3 Å². The van der Waals surface area contributed by atoms with Gasteiger partial charge in [-0.3, -0.25) is 4.90 Å². The largest absolute Gasteiger partial charge is 0.497 e. The van der Waals surface area contributed by atoms with Gasteiger partial charge in [0, 0.05) is 11.6 Å². The average molecular weight is 401 g/mol. The molecule has 0 spiro atoms.